The van der Waals surface area contributed by atoms with Gasteiger partial charge in [0, 0.05) is 33.4 Å². The van der Waals surface area contributed by atoms with Gasteiger partial charge in [0.1, 0.15) is 10.5 Å². The van der Waals surface area contributed by atoms with E-state index in [1.54, 1.807) is 11.3 Å². The van der Waals surface area contributed by atoms with Gasteiger partial charge in [-0.05, 0) is 72.8 Å². The highest BCUT2D eigenvalue weighted by molar-refractivity contribution is 7.21. The molecule has 0 fully saturated rings. The molecule has 9 rings (SSSR count). The van der Waals surface area contributed by atoms with Crippen molar-refractivity contribution in [1.82, 2.24) is 14.5 Å². The largest absolute Gasteiger partial charge is 0.423 e. The summed E-state index contributed by atoms with van der Waals surface area (Å²) in [5.74, 6) is 0. The molecule has 0 N–H and O–H groups in total. The Morgan fingerprint density at radius 2 is 1.18 bits per heavy atom. The predicted molar refractivity (Wildman–Crippen MR) is 182 cm³/mol. The minimum Gasteiger partial charge on any atom is -0.423 e. The molecule has 6 aromatic carbocycles. The van der Waals surface area contributed by atoms with Crippen LogP contribution in [0.15, 0.2) is 150 Å². The third kappa shape index (κ3) is 4.00. The Labute approximate surface area is 256 Å². The van der Waals surface area contributed by atoms with Gasteiger partial charge in [0.2, 0.25) is 0 Å². The predicted octanol–water partition coefficient (Wildman–Crippen LogP) is 10.7. The average Bonchev–Trinajstić information content (AvgIpc) is 3.79. The quantitative estimate of drug-likeness (QED) is 0.202. The van der Waals surface area contributed by atoms with Gasteiger partial charge in [0.15, 0.2) is 5.58 Å². The number of rotatable bonds is 5. The van der Waals surface area contributed by atoms with Crippen LogP contribution in [0.25, 0.3) is 59.7 Å². The summed E-state index contributed by atoms with van der Waals surface area (Å²) in [6.07, 6.45) is 0. The van der Waals surface area contributed by atoms with Crippen LogP contribution in [0.5, 0.6) is 0 Å². The normalized spacial score (nSPS) is 11.6. The van der Waals surface area contributed by atoms with Crippen molar-refractivity contribution in [3.63, 3.8) is 0 Å². The van der Waals surface area contributed by atoms with Gasteiger partial charge in [-0.1, -0.05) is 72.8 Å². The summed E-state index contributed by atoms with van der Waals surface area (Å²) in [6.45, 7) is 0. The number of thiazole rings is 1. The van der Waals surface area contributed by atoms with E-state index in [0.29, 0.717) is 6.01 Å². The summed E-state index contributed by atoms with van der Waals surface area (Å²) in [4.78, 5) is 12.3. The lowest BCUT2D eigenvalue weighted by atomic mass is 10.2. The molecule has 0 radical (unpaired) electrons. The summed E-state index contributed by atoms with van der Waals surface area (Å²) in [5, 5.41) is 3.31. The van der Waals surface area contributed by atoms with Crippen LogP contribution in [-0.2, 0) is 0 Å². The van der Waals surface area contributed by atoms with Crippen molar-refractivity contribution < 1.29 is 4.42 Å². The van der Waals surface area contributed by atoms with Crippen LogP contribution >= 0.6 is 11.3 Å². The van der Waals surface area contributed by atoms with E-state index in [1.165, 1.54) is 10.8 Å². The number of benzene rings is 6. The fourth-order valence-corrected chi connectivity index (χ4v) is 6.99. The fraction of sp³-hybridized carbons (Fsp3) is 0. The maximum absolute atomic E-state index is 6.33. The molecule has 0 amide bonds. The molecule has 0 bridgehead atoms. The summed E-state index contributed by atoms with van der Waals surface area (Å²) in [7, 11) is 0. The molecule has 0 spiro atoms. The second-order valence-electron chi connectivity index (χ2n) is 10.7. The molecule has 0 unspecified atom stereocenters. The summed E-state index contributed by atoms with van der Waals surface area (Å²) in [5.41, 5.74) is 8.94. The molecular weight excluding hydrogens is 561 g/mol. The van der Waals surface area contributed by atoms with Gasteiger partial charge in [-0.2, -0.15) is 4.98 Å². The highest BCUT2D eigenvalue weighted by atomic mass is 32.1. The van der Waals surface area contributed by atoms with E-state index in [-0.39, 0.29) is 0 Å². The number of nitrogens with zero attached hydrogens (tertiary/aromatic N) is 4. The zero-order chi connectivity index (χ0) is 29.0. The Bertz CT molecular complexity index is 2370. The molecule has 0 saturated heterocycles. The molecule has 9 aromatic rings. The minimum atomic E-state index is 0.561. The van der Waals surface area contributed by atoms with Crippen molar-refractivity contribution in [1.29, 1.82) is 0 Å². The first kappa shape index (κ1) is 24.8. The molecule has 0 atom stereocenters. The number of fused-ring (bicyclic) bond motifs is 5. The van der Waals surface area contributed by atoms with Gasteiger partial charge in [-0.25, -0.2) is 4.98 Å². The van der Waals surface area contributed by atoms with Gasteiger partial charge in [-0.15, -0.1) is 11.3 Å². The Morgan fingerprint density at radius 3 is 1.86 bits per heavy atom. The molecule has 0 aliphatic carbocycles. The van der Waals surface area contributed by atoms with Crippen molar-refractivity contribution in [2.45, 2.75) is 0 Å². The molecule has 0 saturated carbocycles. The number of aromatic nitrogens is 3. The summed E-state index contributed by atoms with van der Waals surface area (Å²) < 4.78 is 9.58. The standard InChI is InChI=1S/C38H24N4OS/c1-3-11-26(12-4-1)41(27-13-5-2-6-14-27)28-20-22-36-32(24-28)39-37(44-36)25-19-21-35-31(23-25)40-38(43-35)42-33-17-9-7-15-29(33)30-16-8-10-18-34(30)42/h1-24H. The maximum atomic E-state index is 6.33. The van der Waals surface area contributed by atoms with Gasteiger partial charge < -0.3 is 9.32 Å². The highest BCUT2D eigenvalue weighted by Crippen LogP contribution is 2.39. The van der Waals surface area contributed by atoms with Crippen molar-refractivity contribution in [2.75, 3.05) is 4.90 Å². The Kier molecular flexibility index (Phi) is 5.61. The van der Waals surface area contributed by atoms with E-state index in [0.717, 1.165) is 60.0 Å². The lowest BCUT2D eigenvalue weighted by Crippen LogP contribution is -2.09. The third-order valence-electron chi connectivity index (χ3n) is 8.05. The minimum absolute atomic E-state index is 0.561. The molecule has 44 heavy (non-hydrogen) atoms. The molecule has 3 heterocycles. The van der Waals surface area contributed by atoms with E-state index < -0.39 is 0 Å². The van der Waals surface area contributed by atoms with Gasteiger partial charge >= 0.3 is 6.01 Å². The second-order valence-corrected chi connectivity index (χ2v) is 11.8. The maximum Gasteiger partial charge on any atom is 0.307 e. The van der Waals surface area contributed by atoms with E-state index >= 15 is 0 Å². The number of para-hydroxylation sites is 4. The lowest BCUT2D eigenvalue weighted by Gasteiger charge is -2.25. The topological polar surface area (TPSA) is 47.1 Å². The van der Waals surface area contributed by atoms with E-state index in [2.05, 4.69) is 137 Å². The van der Waals surface area contributed by atoms with Crippen LogP contribution in [0.4, 0.5) is 17.1 Å². The zero-order valence-corrected chi connectivity index (χ0v) is 24.3. The SMILES string of the molecule is c1ccc(N(c2ccccc2)c2ccc3sc(-c4ccc5oc(-n6c7ccccc7c7ccccc76)nc5c4)nc3c2)cc1. The first-order valence-electron chi connectivity index (χ1n) is 14.5. The van der Waals surface area contributed by atoms with Gasteiger partial charge in [0.05, 0.1) is 21.3 Å². The molecule has 3 aromatic heterocycles. The van der Waals surface area contributed by atoms with E-state index in [1.807, 2.05) is 18.2 Å². The van der Waals surface area contributed by atoms with Crippen LogP contribution in [0.3, 0.4) is 0 Å². The Balaban J connectivity index is 1.12. The monoisotopic (exact) mass is 584 g/mol. The van der Waals surface area contributed by atoms with Crippen molar-refractivity contribution in [3.05, 3.63) is 146 Å². The van der Waals surface area contributed by atoms with Crippen molar-refractivity contribution in [3.8, 4) is 16.6 Å². The van der Waals surface area contributed by atoms with Gasteiger partial charge in [0.25, 0.3) is 0 Å². The van der Waals surface area contributed by atoms with Crippen molar-refractivity contribution >= 4 is 71.5 Å². The van der Waals surface area contributed by atoms with Crippen LogP contribution in [-0.4, -0.2) is 14.5 Å². The van der Waals surface area contributed by atoms with Crippen LogP contribution in [0.1, 0.15) is 0 Å². The first-order chi connectivity index (χ1) is 21.8. The first-order valence-corrected chi connectivity index (χ1v) is 15.3. The number of hydrogen-bond donors (Lipinski definition) is 0. The average molecular weight is 585 g/mol. The number of anilines is 3. The highest BCUT2D eigenvalue weighted by Gasteiger charge is 2.18. The Hall–Kier alpha value is -5.72. The molecule has 5 nitrogen and oxygen atoms in total. The summed E-state index contributed by atoms with van der Waals surface area (Å²) in [6, 6.07) is 50.8. The number of hydrogen-bond acceptors (Lipinski definition) is 5. The summed E-state index contributed by atoms with van der Waals surface area (Å²) >= 11 is 1.69. The zero-order valence-electron chi connectivity index (χ0n) is 23.5. The number of oxazole rings is 1. The van der Waals surface area contributed by atoms with Crippen LogP contribution < -0.4 is 4.90 Å². The van der Waals surface area contributed by atoms with E-state index in [9.17, 15) is 0 Å². The lowest BCUT2D eigenvalue weighted by molar-refractivity contribution is 0.574. The molecule has 208 valence electrons. The van der Waals surface area contributed by atoms with E-state index in [4.69, 9.17) is 14.4 Å². The van der Waals surface area contributed by atoms with Crippen LogP contribution in [0.2, 0.25) is 0 Å². The Morgan fingerprint density at radius 1 is 0.545 bits per heavy atom. The van der Waals surface area contributed by atoms with Crippen molar-refractivity contribution in [2.24, 2.45) is 0 Å². The third-order valence-corrected chi connectivity index (χ3v) is 9.14. The molecule has 0 aliphatic heterocycles. The molecular formula is C38H24N4OS. The second kappa shape index (κ2) is 9.93. The smallest absolute Gasteiger partial charge is 0.307 e. The van der Waals surface area contributed by atoms with Crippen LogP contribution in [0, 0.1) is 0 Å². The molecule has 6 heteroatoms. The fourth-order valence-electron chi connectivity index (χ4n) is 6.05. The van der Waals surface area contributed by atoms with Gasteiger partial charge in [-0.3, -0.25) is 4.57 Å². The molecule has 0 aliphatic rings.